The zero-order chi connectivity index (χ0) is 23.7. The van der Waals surface area contributed by atoms with Crippen LogP contribution in [0.25, 0.3) is 11.0 Å². The fourth-order valence-corrected chi connectivity index (χ4v) is 3.59. The number of nitrogens with one attached hydrogen (secondary N) is 1. The summed E-state index contributed by atoms with van der Waals surface area (Å²) in [5.41, 5.74) is 0.613. The van der Waals surface area contributed by atoms with Gasteiger partial charge in [0.05, 0.1) is 10.9 Å². The van der Waals surface area contributed by atoms with Crippen LogP contribution in [0.2, 0.25) is 0 Å². The third kappa shape index (κ3) is 4.73. The smallest absolute Gasteiger partial charge is 0.244 e. The van der Waals surface area contributed by atoms with Crippen LogP contribution in [0, 0.1) is 18.6 Å². The molecule has 2 aromatic heterocycles. The lowest BCUT2D eigenvalue weighted by molar-refractivity contribution is -0.116. The molecule has 0 unspecified atom stereocenters. The Morgan fingerprint density at radius 1 is 1.03 bits per heavy atom. The van der Waals surface area contributed by atoms with E-state index < -0.39 is 28.8 Å². The first-order valence-corrected chi connectivity index (χ1v) is 10.6. The van der Waals surface area contributed by atoms with E-state index in [-0.39, 0.29) is 28.8 Å². The second-order valence-corrected chi connectivity index (χ2v) is 8.25. The van der Waals surface area contributed by atoms with Crippen LogP contribution < -0.4 is 10.7 Å². The lowest BCUT2D eigenvalue weighted by atomic mass is 10.0. The molecule has 0 saturated carbocycles. The SMILES string of the molecule is Cc1ccc2c(=O)c(C(=O)c3ccc(Br)cc3)cn(CC(=O)Nc3ccc(F)c(F)c3)c2n1. The molecule has 6 nitrogen and oxygen atoms in total. The molecule has 2 heterocycles. The van der Waals surface area contributed by atoms with Gasteiger partial charge < -0.3 is 9.88 Å². The highest BCUT2D eigenvalue weighted by Crippen LogP contribution is 2.17. The van der Waals surface area contributed by atoms with Crippen LogP contribution in [0.1, 0.15) is 21.6 Å². The number of ketones is 1. The molecule has 9 heteroatoms. The van der Waals surface area contributed by atoms with Gasteiger partial charge in [0, 0.05) is 33.7 Å². The summed E-state index contributed by atoms with van der Waals surface area (Å²) in [4.78, 5) is 43.1. The van der Waals surface area contributed by atoms with E-state index in [1.807, 2.05) is 0 Å². The van der Waals surface area contributed by atoms with Crippen molar-refractivity contribution in [1.82, 2.24) is 9.55 Å². The van der Waals surface area contributed by atoms with E-state index in [1.165, 1.54) is 16.8 Å². The van der Waals surface area contributed by atoms with E-state index in [0.717, 1.165) is 16.6 Å². The number of aryl methyl sites for hydroxylation is 1. The average Bonchev–Trinajstić information content (AvgIpc) is 2.78. The van der Waals surface area contributed by atoms with Gasteiger partial charge in [-0.05, 0) is 55.5 Å². The summed E-state index contributed by atoms with van der Waals surface area (Å²) in [7, 11) is 0. The van der Waals surface area contributed by atoms with Crippen LogP contribution in [0.15, 0.2) is 70.1 Å². The quantitative estimate of drug-likeness (QED) is 0.396. The third-order valence-corrected chi connectivity index (χ3v) is 5.46. The maximum Gasteiger partial charge on any atom is 0.244 e. The molecule has 0 radical (unpaired) electrons. The number of rotatable bonds is 5. The third-order valence-electron chi connectivity index (χ3n) is 4.93. The van der Waals surface area contributed by atoms with Gasteiger partial charge in [-0.25, -0.2) is 13.8 Å². The summed E-state index contributed by atoms with van der Waals surface area (Å²) >= 11 is 3.30. The van der Waals surface area contributed by atoms with E-state index >= 15 is 0 Å². The number of pyridine rings is 2. The first-order chi connectivity index (χ1) is 15.7. The highest BCUT2D eigenvalue weighted by molar-refractivity contribution is 9.10. The van der Waals surface area contributed by atoms with Crippen molar-refractivity contribution >= 4 is 44.3 Å². The Bertz CT molecular complexity index is 1470. The van der Waals surface area contributed by atoms with Gasteiger partial charge >= 0.3 is 0 Å². The van der Waals surface area contributed by atoms with Gasteiger partial charge in [0.25, 0.3) is 0 Å². The Kier molecular flexibility index (Phi) is 6.15. The molecular weight excluding hydrogens is 496 g/mol. The van der Waals surface area contributed by atoms with E-state index in [1.54, 1.807) is 43.3 Å². The molecule has 0 spiro atoms. The summed E-state index contributed by atoms with van der Waals surface area (Å²) in [6, 6.07) is 12.7. The number of hydrogen-bond donors (Lipinski definition) is 1. The van der Waals surface area contributed by atoms with Gasteiger partial charge in [0.2, 0.25) is 11.3 Å². The molecule has 0 bridgehead atoms. The van der Waals surface area contributed by atoms with Crippen LogP contribution >= 0.6 is 15.9 Å². The number of carbonyl (C=O) groups is 2. The molecule has 0 fully saturated rings. The number of carbonyl (C=O) groups excluding carboxylic acids is 2. The zero-order valence-corrected chi connectivity index (χ0v) is 18.8. The summed E-state index contributed by atoms with van der Waals surface area (Å²) in [5, 5.41) is 2.66. The minimum Gasteiger partial charge on any atom is -0.324 e. The Morgan fingerprint density at radius 3 is 2.45 bits per heavy atom. The van der Waals surface area contributed by atoms with E-state index in [9.17, 15) is 23.2 Å². The van der Waals surface area contributed by atoms with Gasteiger partial charge in [-0.3, -0.25) is 14.4 Å². The van der Waals surface area contributed by atoms with Crippen molar-refractivity contribution < 1.29 is 18.4 Å². The van der Waals surface area contributed by atoms with Crippen LogP contribution in [0.5, 0.6) is 0 Å². The highest BCUT2D eigenvalue weighted by atomic mass is 79.9. The molecule has 1 amide bonds. The van der Waals surface area contributed by atoms with E-state index in [0.29, 0.717) is 11.3 Å². The Balaban J connectivity index is 1.75. The van der Waals surface area contributed by atoms with Gasteiger partial charge in [-0.2, -0.15) is 0 Å². The Hall–Kier alpha value is -3.72. The molecule has 4 rings (SSSR count). The largest absolute Gasteiger partial charge is 0.324 e. The van der Waals surface area contributed by atoms with Gasteiger partial charge in [-0.1, -0.05) is 15.9 Å². The first-order valence-electron chi connectivity index (χ1n) is 9.79. The molecule has 33 heavy (non-hydrogen) atoms. The predicted molar refractivity (Wildman–Crippen MR) is 123 cm³/mol. The minimum atomic E-state index is -1.10. The average molecular weight is 512 g/mol. The topological polar surface area (TPSA) is 81.1 Å². The van der Waals surface area contributed by atoms with Crippen LogP contribution in [0.3, 0.4) is 0 Å². The lowest BCUT2D eigenvalue weighted by Gasteiger charge is -2.13. The molecule has 0 aliphatic carbocycles. The summed E-state index contributed by atoms with van der Waals surface area (Å²) in [5.74, 6) is -3.20. The summed E-state index contributed by atoms with van der Waals surface area (Å²) in [6.07, 6.45) is 1.30. The molecule has 0 saturated heterocycles. The molecule has 0 aliphatic heterocycles. The maximum absolute atomic E-state index is 13.5. The fraction of sp³-hybridized carbons (Fsp3) is 0.0833. The molecular formula is C24H16BrF2N3O3. The summed E-state index contributed by atoms with van der Waals surface area (Å²) in [6.45, 7) is 1.42. The molecule has 1 N–H and O–H groups in total. The number of fused-ring (bicyclic) bond motifs is 1. The Morgan fingerprint density at radius 2 is 1.76 bits per heavy atom. The zero-order valence-electron chi connectivity index (χ0n) is 17.2. The van der Waals surface area contributed by atoms with Crippen molar-refractivity contribution in [2.24, 2.45) is 0 Å². The molecule has 166 valence electrons. The van der Waals surface area contributed by atoms with Crippen molar-refractivity contribution in [3.05, 3.63) is 104 Å². The standard InChI is InChI=1S/C24H16BrF2N3O3/c1-13-2-8-17-23(33)18(22(32)14-3-5-15(25)6-4-14)11-30(24(17)28-13)12-21(31)29-16-7-9-19(26)20(27)10-16/h2-11H,12H2,1H3,(H,29,31). The number of benzene rings is 2. The first kappa shape index (κ1) is 22.5. The van der Waals surface area contributed by atoms with Crippen LogP contribution in [-0.2, 0) is 11.3 Å². The number of aromatic nitrogens is 2. The van der Waals surface area contributed by atoms with Crippen LogP contribution in [-0.4, -0.2) is 21.2 Å². The van der Waals surface area contributed by atoms with Crippen molar-refractivity contribution in [3.63, 3.8) is 0 Å². The van der Waals surface area contributed by atoms with E-state index in [2.05, 4.69) is 26.2 Å². The number of anilines is 1. The summed E-state index contributed by atoms with van der Waals surface area (Å²) < 4.78 is 28.8. The lowest BCUT2D eigenvalue weighted by Crippen LogP contribution is -2.25. The van der Waals surface area contributed by atoms with E-state index in [4.69, 9.17) is 0 Å². The second-order valence-electron chi connectivity index (χ2n) is 7.34. The van der Waals surface area contributed by atoms with Crippen LogP contribution in [0.4, 0.5) is 14.5 Å². The highest BCUT2D eigenvalue weighted by Gasteiger charge is 2.19. The second kappa shape index (κ2) is 9.03. The number of halogens is 3. The molecule has 2 aromatic carbocycles. The molecule has 0 atom stereocenters. The molecule has 4 aromatic rings. The maximum atomic E-state index is 13.5. The molecule has 0 aliphatic rings. The van der Waals surface area contributed by atoms with Crippen molar-refractivity contribution in [1.29, 1.82) is 0 Å². The number of nitrogens with zero attached hydrogens (tertiary/aromatic N) is 2. The van der Waals surface area contributed by atoms with Crippen molar-refractivity contribution in [3.8, 4) is 0 Å². The van der Waals surface area contributed by atoms with Crippen molar-refractivity contribution in [2.75, 3.05) is 5.32 Å². The van der Waals surface area contributed by atoms with Gasteiger partial charge in [-0.15, -0.1) is 0 Å². The number of hydrogen-bond acceptors (Lipinski definition) is 4. The Labute approximate surface area is 195 Å². The fourth-order valence-electron chi connectivity index (χ4n) is 3.33. The normalized spacial score (nSPS) is 10.9. The van der Waals surface area contributed by atoms with Crippen molar-refractivity contribution in [2.45, 2.75) is 13.5 Å². The monoisotopic (exact) mass is 511 g/mol. The predicted octanol–water partition coefficient (Wildman–Crippen LogP) is 4.62. The van der Waals surface area contributed by atoms with Gasteiger partial charge in [0.1, 0.15) is 12.2 Å². The minimum absolute atomic E-state index is 0.0690. The van der Waals surface area contributed by atoms with Gasteiger partial charge in [0.15, 0.2) is 17.4 Å². The number of amides is 1.